The molecule has 0 heterocycles. The van der Waals surface area contributed by atoms with E-state index in [4.69, 9.17) is 9.47 Å². The summed E-state index contributed by atoms with van der Waals surface area (Å²) in [5.41, 5.74) is 0.886. The zero-order valence-corrected chi connectivity index (χ0v) is 25.3. The van der Waals surface area contributed by atoms with Gasteiger partial charge in [-0.15, -0.1) is 0 Å². The number of carbonyl (C=O) groups excluding carboxylic acids is 2. The second-order valence-electron chi connectivity index (χ2n) is 11.8. The molecule has 2 aromatic carbocycles. The maximum atomic E-state index is 12.0. The number of esters is 1. The minimum Gasteiger partial charge on any atom is -0.481 e. The van der Waals surface area contributed by atoms with Crippen LogP contribution in [0.3, 0.4) is 0 Å². The molecule has 0 aliphatic heterocycles. The van der Waals surface area contributed by atoms with E-state index in [0.29, 0.717) is 25.7 Å². The van der Waals surface area contributed by atoms with Crippen LogP contribution in [0.2, 0.25) is 0 Å². The highest BCUT2D eigenvalue weighted by Gasteiger charge is 2.30. The van der Waals surface area contributed by atoms with Crippen LogP contribution in [0.1, 0.15) is 71.9 Å². The maximum Gasteiger partial charge on any atom is 0.410 e. The first kappa shape index (κ1) is 35.1. The number of carboxylic acid groups (broad SMARTS) is 2. The fourth-order valence-electron chi connectivity index (χ4n) is 3.77. The summed E-state index contributed by atoms with van der Waals surface area (Å²) in [6.07, 6.45) is 1.29. The lowest BCUT2D eigenvalue weighted by Gasteiger charge is -2.28. The average molecular weight is 572 g/mol. The Labute approximate surface area is 243 Å². The quantitative estimate of drug-likeness (QED) is 0.315. The first-order valence-corrected chi connectivity index (χ1v) is 13.7. The van der Waals surface area contributed by atoms with Gasteiger partial charge in [-0.05, 0) is 78.4 Å². The summed E-state index contributed by atoms with van der Waals surface area (Å²) < 4.78 is 10.4. The second kappa shape index (κ2) is 16.4. The third-order valence-electron chi connectivity index (χ3n) is 5.79. The van der Waals surface area contributed by atoms with Gasteiger partial charge in [0.2, 0.25) is 0 Å². The lowest BCUT2D eigenvalue weighted by molar-refractivity contribution is -0.160. The van der Waals surface area contributed by atoms with Gasteiger partial charge in [-0.3, -0.25) is 14.5 Å². The third kappa shape index (κ3) is 15.5. The minimum atomic E-state index is -1.03. The molecule has 9 heteroatoms. The molecule has 41 heavy (non-hydrogen) atoms. The molecule has 1 amide bonds. The molecule has 0 radical (unpaired) electrons. The molecule has 0 saturated carbocycles. The van der Waals surface area contributed by atoms with Gasteiger partial charge in [0.05, 0.1) is 12.3 Å². The Kier molecular flexibility index (Phi) is 14.1. The van der Waals surface area contributed by atoms with Gasteiger partial charge in [0.25, 0.3) is 0 Å². The van der Waals surface area contributed by atoms with E-state index in [0.717, 1.165) is 16.0 Å². The van der Waals surface area contributed by atoms with Gasteiger partial charge in [0, 0.05) is 7.05 Å². The fraction of sp³-hybridized carbons (Fsp3) is 0.500. The molecule has 0 unspecified atom stereocenters. The molecule has 2 rings (SSSR count). The second-order valence-corrected chi connectivity index (χ2v) is 11.8. The summed E-state index contributed by atoms with van der Waals surface area (Å²) in [5, 5.41) is 18.5. The predicted octanol–water partition coefficient (Wildman–Crippen LogP) is 5.99. The Bertz CT molecular complexity index is 1100. The number of aliphatic carboxylic acids is 2. The molecule has 9 nitrogen and oxygen atoms in total. The Morgan fingerprint density at radius 3 is 1.54 bits per heavy atom. The van der Waals surface area contributed by atoms with Gasteiger partial charge in [-0.1, -0.05) is 60.7 Å². The Morgan fingerprint density at radius 2 is 1.15 bits per heavy atom. The van der Waals surface area contributed by atoms with Crippen LogP contribution in [0, 0.1) is 5.92 Å². The van der Waals surface area contributed by atoms with Crippen LogP contribution < -0.4 is 0 Å². The standard InChI is InChI=1S/C16H23NO4.C16H22O4/c1-16(2,3)21-15(20)17(4)13(14(18)19)11-10-12-8-6-5-7-9-12;1-16(2,3)20-14(17)11-13(15(18)19)10-9-12-7-5-4-6-8-12/h5-9,13H,10-11H2,1-4H3,(H,18,19);4-8,13H,9-11H2,1-3H3,(H,18,19)/t2*13-/m10/s1. The van der Waals surface area contributed by atoms with Crippen LogP contribution in [0.5, 0.6) is 0 Å². The third-order valence-corrected chi connectivity index (χ3v) is 5.79. The number of ether oxygens (including phenoxy) is 2. The number of carboxylic acids is 2. The lowest BCUT2D eigenvalue weighted by atomic mass is 9.96. The lowest BCUT2D eigenvalue weighted by Crippen LogP contribution is -2.45. The van der Waals surface area contributed by atoms with E-state index in [2.05, 4.69) is 0 Å². The fourth-order valence-corrected chi connectivity index (χ4v) is 3.77. The normalized spacial score (nSPS) is 12.7. The number of rotatable bonds is 11. The molecule has 0 saturated heterocycles. The molecule has 2 N–H and O–H groups in total. The van der Waals surface area contributed by atoms with Crippen LogP contribution in [-0.4, -0.2) is 63.4 Å². The Balaban J connectivity index is 0.000000410. The van der Waals surface area contributed by atoms with E-state index in [9.17, 15) is 29.4 Å². The topological polar surface area (TPSA) is 130 Å². The first-order chi connectivity index (χ1) is 19.0. The van der Waals surface area contributed by atoms with E-state index in [1.54, 1.807) is 41.5 Å². The number of hydrogen-bond donors (Lipinski definition) is 2. The van der Waals surface area contributed by atoms with E-state index >= 15 is 0 Å². The largest absolute Gasteiger partial charge is 0.481 e. The number of nitrogens with zero attached hydrogens (tertiary/aromatic N) is 1. The monoisotopic (exact) mass is 571 g/mol. The summed E-state index contributed by atoms with van der Waals surface area (Å²) in [6.45, 7) is 10.6. The van der Waals surface area contributed by atoms with Crippen molar-refractivity contribution in [3.63, 3.8) is 0 Å². The molecule has 2 aromatic rings. The molecular weight excluding hydrogens is 526 g/mol. The number of benzene rings is 2. The molecule has 226 valence electrons. The highest BCUT2D eigenvalue weighted by Crippen LogP contribution is 2.18. The molecule has 0 spiro atoms. The van der Waals surface area contributed by atoms with Gasteiger partial charge in [0.15, 0.2) is 0 Å². The molecule has 0 aromatic heterocycles. The van der Waals surface area contributed by atoms with Crippen molar-refractivity contribution in [1.29, 1.82) is 0 Å². The Morgan fingerprint density at radius 1 is 0.707 bits per heavy atom. The summed E-state index contributed by atoms with van der Waals surface area (Å²) in [4.78, 5) is 47.4. The zero-order valence-electron chi connectivity index (χ0n) is 25.3. The molecule has 0 aliphatic carbocycles. The van der Waals surface area contributed by atoms with E-state index in [1.807, 2.05) is 60.7 Å². The highest BCUT2D eigenvalue weighted by molar-refractivity contribution is 5.80. The van der Waals surface area contributed by atoms with Crippen LogP contribution in [-0.2, 0) is 36.7 Å². The first-order valence-electron chi connectivity index (χ1n) is 13.7. The summed E-state index contributed by atoms with van der Waals surface area (Å²) >= 11 is 0. The van der Waals surface area contributed by atoms with Crippen molar-refractivity contribution in [2.75, 3.05) is 7.05 Å². The van der Waals surface area contributed by atoms with Gasteiger partial charge in [0.1, 0.15) is 17.2 Å². The maximum absolute atomic E-state index is 12.0. The van der Waals surface area contributed by atoms with Crippen molar-refractivity contribution in [1.82, 2.24) is 4.90 Å². The number of likely N-dealkylation sites (N-methyl/N-ethyl adjacent to an activating group) is 1. The van der Waals surface area contributed by atoms with E-state index in [-0.39, 0.29) is 6.42 Å². The van der Waals surface area contributed by atoms with Gasteiger partial charge in [-0.2, -0.15) is 0 Å². The van der Waals surface area contributed by atoms with Crippen molar-refractivity contribution in [3.05, 3.63) is 71.8 Å². The average Bonchev–Trinajstić information content (AvgIpc) is 2.85. The van der Waals surface area contributed by atoms with Gasteiger partial charge in [-0.25, -0.2) is 9.59 Å². The summed E-state index contributed by atoms with van der Waals surface area (Å²) in [6, 6.07) is 18.3. The molecule has 0 fully saturated rings. The number of hydrogen-bond acceptors (Lipinski definition) is 6. The van der Waals surface area contributed by atoms with Crippen LogP contribution in [0.15, 0.2) is 60.7 Å². The van der Waals surface area contributed by atoms with Crippen molar-refractivity contribution < 1.29 is 38.9 Å². The number of carbonyl (C=O) groups is 4. The zero-order chi connectivity index (χ0) is 31.2. The predicted molar refractivity (Wildman–Crippen MR) is 157 cm³/mol. The van der Waals surface area contributed by atoms with Gasteiger partial charge < -0.3 is 19.7 Å². The van der Waals surface area contributed by atoms with E-state index < -0.39 is 47.2 Å². The van der Waals surface area contributed by atoms with Crippen LogP contribution in [0.25, 0.3) is 0 Å². The van der Waals surface area contributed by atoms with E-state index in [1.165, 1.54) is 7.05 Å². The van der Waals surface area contributed by atoms with Crippen molar-refractivity contribution in [2.45, 2.75) is 90.9 Å². The smallest absolute Gasteiger partial charge is 0.410 e. The van der Waals surface area contributed by atoms with Crippen LogP contribution in [0.4, 0.5) is 4.79 Å². The summed E-state index contributed by atoms with van der Waals surface area (Å²) in [7, 11) is 1.46. The van der Waals surface area contributed by atoms with Crippen molar-refractivity contribution in [3.8, 4) is 0 Å². The van der Waals surface area contributed by atoms with Crippen molar-refractivity contribution >= 4 is 24.0 Å². The molecule has 2 atom stereocenters. The SMILES string of the molecule is CC(C)(C)OC(=O)C[C@H](CCc1ccccc1)C(=O)O.CN(C(=O)OC(C)(C)C)[C@H](CCc1ccccc1)C(=O)O. The molecular formula is C32H45NO8. The number of amides is 1. The van der Waals surface area contributed by atoms with Gasteiger partial charge >= 0.3 is 24.0 Å². The minimum absolute atomic E-state index is 0.0839. The molecule has 0 bridgehead atoms. The molecule has 0 aliphatic rings. The highest BCUT2D eigenvalue weighted by atomic mass is 16.6. The summed E-state index contributed by atoms with van der Waals surface area (Å²) in [5.74, 6) is -3.14. The van der Waals surface area contributed by atoms with Crippen LogP contribution >= 0.6 is 0 Å². The number of aryl methyl sites for hydroxylation is 2. The Hall–Kier alpha value is -3.88. The van der Waals surface area contributed by atoms with Crippen molar-refractivity contribution in [2.24, 2.45) is 5.92 Å².